The summed E-state index contributed by atoms with van der Waals surface area (Å²) in [5.74, 6) is 3.83. The van der Waals surface area contributed by atoms with Gasteiger partial charge in [-0.05, 0) is 26.2 Å². The molecule has 1 fully saturated rings. The maximum atomic E-state index is 4.85. The first kappa shape index (κ1) is 12.3. The molecule has 0 saturated carbocycles. The highest BCUT2D eigenvalue weighted by atomic mass is 32.2. The zero-order valence-corrected chi connectivity index (χ0v) is 12.3. The Morgan fingerprint density at radius 3 is 2.89 bits per heavy atom. The van der Waals surface area contributed by atoms with Crippen LogP contribution in [0.3, 0.4) is 0 Å². The van der Waals surface area contributed by atoms with Crippen LogP contribution in [0, 0.1) is 6.92 Å². The molecule has 0 spiro atoms. The van der Waals surface area contributed by atoms with Crippen molar-refractivity contribution in [3.05, 3.63) is 11.5 Å². The van der Waals surface area contributed by atoms with E-state index in [4.69, 9.17) is 4.98 Å². The first-order valence-corrected chi connectivity index (χ1v) is 7.93. The number of piperidine rings is 1. The van der Waals surface area contributed by atoms with Gasteiger partial charge < -0.3 is 4.90 Å². The predicted octanol–water partition coefficient (Wildman–Crippen LogP) is 3.37. The molecule has 1 saturated heterocycles. The molecule has 0 aliphatic carbocycles. The summed E-state index contributed by atoms with van der Waals surface area (Å²) < 4.78 is 0. The smallest absolute Gasteiger partial charge is 0.146 e. The van der Waals surface area contributed by atoms with Crippen molar-refractivity contribution in [2.45, 2.75) is 56.9 Å². The van der Waals surface area contributed by atoms with Crippen LogP contribution in [0.25, 0.3) is 0 Å². The molecule has 1 aromatic rings. The monoisotopic (exact) mass is 263 g/mol. The van der Waals surface area contributed by atoms with E-state index in [-0.39, 0.29) is 0 Å². The molecule has 0 radical (unpaired) electrons. The molecule has 2 aliphatic heterocycles. The van der Waals surface area contributed by atoms with Gasteiger partial charge in [0, 0.05) is 24.3 Å². The second kappa shape index (κ2) is 4.72. The molecule has 0 N–H and O–H groups in total. The fraction of sp³-hybridized carbons (Fsp3) is 0.714. The number of fused-ring (bicyclic) bond motifs is 3. The Balaban J connectivity index is 2.05. The van der Waals surface area contributed by atoms with E-state index in [0.29, 0.717) is 12.0 Å². The van der Waals surface area contributed by atoms with Crippen molar-refractivity contribution in [1.82, 2.24) is 9.97 Å². The summed E-state index contributed by atoms with van der Waals surface area (Å²) in [6.07, 6.45) is 4.01. The van der Waals surface area contributed by atoms with Gasteiger partial charge in [0.05, 0.1) is 10.6 Å². The third-order valence-electron chi connectivity index (χ3n) is 3.87. The van der Waals surface area contributed by atoms with E-state index in [1.54, 1.807) is 0 Å². The van der Waals surface area contributed by atoms with E-state index in [1.165, 1.54) is 42.3 Å². The molecule has 0 aromatic carbocycles. The zero-order valence-electron chi connectivity index (χ0n) is 11.4. The van der Waals surface area contributed by atoms with Crippen molar-refractivity contribution in [1.29, 1.82) is 0 Å². The van der Waals surface area contributed by atoms with Crippen LogP contribution >= 0.6 is 11.8 Å². The highest BCUT2D eigenvalue weighted by Crippen LogP contribution is 2.41. The third kappa shape index (κ3) is 2.00. The van der Waals surface area contributed by atoms with Gasteiger partial charge in [-0.3, -0.25) is 0 Å². The molecule has 1 unspecified atom stereocenters. The largest absolute Gasteiger partial charge is 0.352 e. The first-order valence-electron chi connectivity index (χ1n) is 6.95. The van der Waals surface area contributed by atoms with Crippen LogP contribution < -0.4 is 4.90 Å². The van der Waals surface area contributed by atoms with Crippen LogP contribution in [-0.4, -0.2) is 28.3 Å². The number of nitrogens with zero attached hydrogens (tertiary/aromatic N) is 3. The molecule has 2 aliphatic rings. The molecule has 0 bridgehead atoms. The highest BCUT2D eigenvalue weighted by molar-refractivity contribution is 7.99. The topological polar surface area (TPSA) is 29.0 Å². The Labute approximate surface area is 113 Å². The molecular weight excluding hydrogens is 242 g/mol. The van der Waals surface area contributed by atoms with Crippen molar-refractivity contribution in [2.24, 2.45) is 0 Å². The van der Waals surface area contributed by atoms with Crippen molar-refractivity contribution in [3.63, 3.8) is 0 Å². The Bertz CT molecular complexity index is 459. The number of hydrogen-bond acceptors (Lipinski definition) is 4. The van der Waals surface area contributed by atoms with Gasteiger partial charge in [0.2, 0.25) is 0 Å². The van der Waals surface area contributed by atoms with Crippen molar-refractivity contribution >= 4 is 17.6 Å². The van der Waals surface area contributed by atoms with Crippen LogP contribution in [0.5, 0.6) is 0 Å². The van der Waals surface area contributed by atoms with Gasteiger partial charge in [-0.25, -0.2) is 9.97 Å². The minimum atomic E-state index is 0.407. The van der Waals surface area contributed by atoms with Crippen LogP contribution in [0.4, 0.5) is 5.82 Å². The van der Waals surface area contributed by atoms with Gasteiger partial charge in [0.25, 0.3) is 0 Å². The van der Waals surface area contributed by atoms with Crippen LogP contribution in [-0.2, 0) is 0 Å². The Kier molecular flexibility index (Phi) is 3.22. The lowest BCUT2D eigenvalue weighted by atomic mass is 10.0. The van der Waals surface area contributed by atoms with Crippen molar-refractivity contribution in [2.75, 3.05) is 17.2 Å². The number of hydrogen-bond donors (Lipinski definition) is 0. The summed E-state index contributed by atoms with van der Waals surface area (Å²) in [5, 5.41) is 0. The normalized spacial score (nSPS) is 22.9. The minimum Gasteiger partial charge on any atom is -0.352 e. The molecule has 4 heteroatoms. The van der Waals surface area contributed by atoms with Crippen LogP contribution in [0.15, 0.2) is 4.90 Å². The van der Waals surface area contributed by atoms with Crippen molar-refractivity contribution in [3.8, 4) is 0 Å². The molecule has 3 rings (SSSR count). The van der Waals surface area contributed by atoms with Gasteiger partial charge in [-0.1, -0.05) is 13.8 Å². The standard InChI is InChI=1S/C14H21N3S/c1-9(2)13-15-10(3)12-14(16-13)17-7-5-4-6-11(17)8-18-12/h9,11H,4-8H2,1-3H3. The Morgan fingerprint density at radius 1 is 1.28 bits per heavy atom. The lowest BCUT2D eigenvalue weighted by Gasteiger charge is -2.41. The molecule has 18 heavy (non-hydrogen) atoms. The Morgan fingerprint density at radius 2 is 2.11 bits per heavy atom. The van der Waals surface area contributed by atoms with Gasteiger partial charge >= 0.3 is 0 Å². The fourth-order valence-corrected chi connectivity index (χ4v) is 4.07. The molecule has 1 aromatic heterocycles. The van der Waals surface area contributed by atoms with E-state index in [9.17, 15) is 0 Å². The second-order valence-corrected chi connectivity index (χ2v) is 6.66. The minimum absolute atomic E-state index is 0.407. The second-order valence-electron chi connectivity index (χ2n) is 5.63. The SMILES string of the molecule is Cc1nc(C(C)C)nc2c1SCC1CCCCN21. The van der Waals surface area contributed by atoms with E-state index < -0.39 is 0 Å². The summed E-state index contributed by atoms with van der Waals surface area (Å²) >= 11 is 1.95. The maximum absolute atomic E-state index is 4.85. The predicted molar refractivity (Wildman–Crippen MR) is 76.6 cm³/mol. The highest BCUT2D eigenvalue weighted by Gasteiger charge is 2.31. The third-order valence-corrected chi connectivity index (χ3v) is 5.19. The summed E-state index contributed by atoms with van der Waals surface area (Å²) in [6, 6.07) is 0.700. The van der Waals surface area contributed by atoms with Gasteiger partial charge in [-0.2, -0.15) is 0 Å². The molecule has 3 nitrogen and oxygen atoms in total. The number of aryl methyl sites for hydroxylation is 1. The maximum Gasteiger partial charge on any atom is 0.146 e. The van der Waals surface area contributed by atoms with Gasteiger partial charge in [0.1, 0.15) is 11.6 Å². The first-order chi connectivity index (χ1) is 8.66. The molecular formula is C14H21N3S. The van der Waals surface area contributed by atoms with E-state index in [0.717, 1.165) is 11.5 Å². The van der Waals surface area contributed by atoms with Gasteiger partial charge in [0.15, 0.2) is 0 Å². The number of rotatable bonds is 1. The molecule has 98 valence electrons. The van der Waals surface area contributed by atoms with E-state index in [1.807, 2.05) is 11.8 Å². The number of anilines is 1. The molecule has 0 amide bonds. The average Bonchev–Trinajstić information content (AvgIpc) is 2.38. The average molecular weight is 263 g/mol. The van der Waals surface area contributed by atoms with E-state index >= 15 is 0 Å². The van der Waals surface area contributed by atoms with E-state index in [2.05, 4.69) is 30.7 Å². The van der Waals surface area contributed by atoms with Crippen LogP contribution in [0.1, 0.15) is 50.5 Å². The summed E-state index contributed by atoms with van der Waals surface area (Å²) in [5.41, 5.74) is 1.16. The molecule has 3 heterocycles. The number of thioether (sulfide) groups is 1. The number of aromatic nitrogens is 2. The summed E-state index contributed by atoms with van der Waals surface area (Å²) in [4.78, 5) is 13.4. The summed E-state index contributed by atoms with van der Waals surface area (Å²) in [7, 11) is 0. The van der Waals surface area contributed by atoms with Gasteiger partial charge in [-0.15, -0.1) is 11.8 Å². The fourth-order valence-electron chi connectivity index (χ4n) is 2.82. The Hall–Kier alpha value is -0.770. The molecule has 1 atom stereocenters. The van der Waals surface area contributed by atoms with Crippen LogP contribution in [0.2, 0.25) is 0 Å². The van der Waals surface area contributed by atoms with Crippen molar-refractivity contribution < 1.29 is 0 Å². The quantitative estimate of drug-likeness (QED) is 0.777. The summed E-state index contributed by atoms with van der Waals surface area (Å²) in [6.45, 7) is 7.64. The lowest BCUT2D eigenvalue weighted by Crippen LogP contribution is -2.44. The zero-order chi connectivity index (χ0) is 12.7. The lowest BCUT2D eigenvalue weighted by molar-refractivity contribution is 0.477.